The lowest BCUT2D eigenvalue weighted by molar-refractivity contribution is 0.105. The van der Waals surface area contributed by atoms with E-state index >= 15 is 0 Å². The number of carbonyl (C=O) groups is 1. The molecule has 10 heteroatoms. The maximum Gasteiger partial charge on any atom is 0.409 e. The molecule has 3 rings (SSSR count). The molecule has 0 spiro atoms. The van der Waals surface area contributed by atoms with Gasteiger partial charge in [0, 0.05) is 66.1 Å². The Morgan fingerprint density at radius 1 is 1.03 bits per heavy atom. The van der Waals surface area contributed by atoms with Crippen molar-refractivity contribution in [2.45, 2.75) is 27.3 Å². The Kier molecular flexibility index (Phi) is 10.6. The zero-order valence-electron chi connectivity index (χ0n) is 22.2. The summed E-state index contributed by atoms with van der Waals surface area (Å²) >= 11 is 0. The number of nitrogens with one attached hydrogen (secondary N) is 1. The van der Waals surface area contributed by atoms with Crippen LogP contribution in [0.4, 0.5) is 22.4 Å². The first-order chi connectivity index (χ1) is 17.4. The molecule has 1 fully saturated rings. The average molecular weight is 501 g/mol. The van der Waals surface area contributed by atoms with Crippen molar-refractivity contribution in [3.8, 4) is 0 Å². The monoisotopic (exact) mass is 500 g/mol. The Hall–Kier alpha value is -3.11. The van der Waals surface area contributed by atoms with Crippen molar-refractivity contribution in [1.29, 1.82) is 0 Å². The van der Waals surface area contributed by atoms with Gasteiger partial charge >= 0.3 is 6.09 Å². The molecule has 1 amide bonds. The van der Waals surface area contributed by atoms with E-state index in [9.17, 15) is 4.79 Å². The highest BCUT2D eigenvalue weighted by Crippen LogP contribution is 2.23. The second-order valence-electron chi connectivity index (χ2n) is 8.84. The fourth-order valence-corrected chi connectivity index (χ4v) is 4.09. The summed E-state index contributed by atoms with van der Waals surface area (Å²) in [6, 6.07) is 8.45. The number of hydrogen-bond donors (Lipinski definition) is 1. The number of benzene rings is 1. The van der Waals surface area contributed by atoms with Gasteiger partial charge in [-0.05, 0) is 31.9 Å². The van der Waals surface area contributed by atoms with Gasteiger partial charge in [0.25, 0.3) is 0 Å². The zero-order valence-corrected chi connectivity index (χ0v) is 22.2. The van der Waals surface area contributed by atoms with Crippen molar-refractivity contribution in [3.05, 3.63) is 41.0 Å². The molecular weight excluding hydrogens is 460 g/mol. The third-order valence-electron chi connectivity index (χ3n) is 6.20. The molecule has 0 aliphatic carbocycles. The van der Waals surface area contributed by atoms with E-state index in [1.165, 1.54) is 16.7 Å². The summed E-state index contributed by atoms with van der Waals surface area (Å²) in [6.45, 7) is 12.0. The highest BCUT2D eigenvalue weighted by Gasteiger charge is 2.24. The number of piperazine rings is 1. The van der Waals surface area contributed by atoms with Crippen molar-refractivity contribution in [3.63, 3.8) is 0 Å². The topological polar surface area (TPSA) is 92.3 Å². The maximum absolute atomic E-state index is 12.1. The summed E-state index contributed by atoms with van der Waals surface area (Å²) in [5.41, 5.74) is 3.71. The van der Waals surface area contributed by atoms with Crippen molar-refractivity contribution in [1.82, 2.24) is 14.9 Å². The van der Waals surface area contributed by atoms with Crippen molar-refractivity contribution < 1.29 is 19.0 Å². The van der Waals surface area contributed by atoms with E-state index in [2.05, 4.69) is 47.2 Å². The highest BCUT2D eigenvalue weighted by atomic mass is 16.6. The van der Waals surface area contributed by atoms with Crippen LogP contribution in [-0.4, -0.2) is 94.3 Å². The normalized spacial score (nSPS) is 13.6. The number of carbonyl (C=O) groups excluding carboxylic acids is 1. The fourth-order valence-electron chi connectivity index (χ4n) is 4.09. The van der Waals surface area contributed by atoms with E-state index in [0.29, 0.717) is 71.6 Å². The van der Waals surface area contributed by atoms with Gasteiger partial charge in [-0.25, -0.2) is 4.79 Å². The average Bonchev–Trinajstić information content (AvgIpc) is 2.88. The number of methoxy groups -OCH3 is 2. The lowest BCUT2D eigenvalue weighted by Crippen LogP contribution is -2.49. The van der Waals surface area contributed by atoms with Crippen LogP contribution in [0.1, 0.15) is 23.6 Å². The SMILES string of the molecule is CCOC(=O)N1CCN(c2nc(NCc3ccc(C)cc3C)cc(N(CCOC)CCOC)n2)CC1. The molecule has 0 saturated carbocycles. The molecule has 0 radical (unpaired) electrons. The number of ether oxygens (including phenoxy) is 3. The zero-order chi connectivity index (χ0) is 25.9. The van der Waals surface area contributed by atoms with Crippen molar-refractivity contribution in [2.24, 2.45) is 0 Å². The molecule has 1 aliphatic rings. The van der Waals surface area contributed by atoms with E-state index < -0.39 is 0 Å². The largest absolute Gasteiger partial charge is 0.450 e. The number of amides is 1. The van der Waals surface area contributed by atoms with Gasteiger partial charge in [-0.15, -0.1) is 0 Å². The Morgan fingerprint density at radius 2 is 1.72 bits per heavy atom. The summed E-state index contributed by atoms with van der Waals surface area (Å²) in [5, 5.41) is 3.50. The van der Waals surface area contributed by atoms with Gasteiger partial charge in [-0.3, -0.25) is 0 Å². The highest BCUT2D eigenvalue weighted by molar-refractivity contribution is 5.68. The second kappa shape index (κ2) is 13.8. The summed E-state index contributed by atoms with van der Waals surface area (Å²) < 4.78 is 15.8. The van der Waals surface area contributed by atoms with Gasteiger partial charge in [-0.2, -0.15) is 9.97 Å². The standard InChI is InChI=1S/C26H40N6O4/c1-6-36-26(33)32-11-9-31(10-12-32)25-28-23(27-19-22-8-7-20(2)17-21(22)3)18-24(29-25)30(13-15-34-4)14-16-35-5/h7-8,17-18H,6,9-16,19H2,1-5H3,(H,27,28,29). The molecule has 2 heterocycles. The van der Waals surface area contributed by atoms with Gasteiger partial charge in [-0.1, -0.05) is 23.8 Å². The van der Waals surface area contributed by atoms with Crippen LogP contribution in [-0.2, 0) is 20.8 Å². The Balaban J connectivity index is 1.83. The van der Waals surface area contributed by atoms with Crippen LogP contribution in [0.15, 0.2) is 24.3 Å². The number of rotatable bonds is 12. The van der Waals surface area contributed by atoms with Crippen LogP contribution < -0.4 is 15.1 Å². The number of aromatic nitrogens is 2. The minimum atomic E-state index is -0.270. The number of aryl methyl sites for hydroxylation is 2. The van der Waals surface area contributed by atoms with Gasteiger partial charge in [0.1, 0.15) is 11.6 Å². The quantitative estimate of drug-likeness (QED) is 0.472. The summed E-state index contributed by atoms with van der Waals surface area (Å²) in [6.07, 6.45) is -0.270. The van der Waals surface area contributed by atoms with Gasteiger partial charge < -0.3 is 34.2 Å². The predicted octanol–water partition coefficient (Wildman–Crippen LogP) is 3.08. The molecule has 1 aromatic carbocycles. The minimum absolute atomic E-state index is 0.270. The molecule has 1 aliphatic heterocycles. The summed E-state index contributed by atoms with van der Waals surface area (Å²) in [4.78, 5) is 27.9. The van der Waals surface area contributed by atoms with Gasteiger partial charge in [0.05, 0.1) is 19.8 Å². The minimum Gasteiger partial charge on any atom is -0.450 e. The third kappa shape index (κ3) is 7.69. The maximum atomic E-state index is 12.1. The second-order valence-corrected chi connectivity index (χ2v) is 8.84. The summed E-state index contributed by atoms with van der Waals surface area (Å²) in [5.74, 6) is 2.20. The summed E-state index contributed by atoms with van der Waals surface area (Å²) in [7, 11) is 3.39. The van der Waals surface area contributed by atoms with E-state index in [1.54, 1.807) is 19.1 Å². The molecule has 1 N–H and O–H groups in total. The van der Waals surface area contributed by atoms with Crippen molar-refractivity contribution >= 4 is 23.7 Å². The number of anilines is 3. The lowest BCUT2D eigenvalue weighted by atomic mass is 10.1. The van der Waals surface area contributed by atoms with Gasteiger partial charge in [0.15, 0.2) is 0 Å². The van der Waals surface area contributed by atoms with Crippen molar-refractivity contribution in [2.75, 3.05) is 88.4 Å². The first-order valence-electron chi connectivity index (χ1n) is 12.5. The van der Waals surface area contributed by atoms with Gasteiger partial charge in [0.2, 0.25) is 5.95 Å². The molecule has 2 aromatic rings. The molecular formula is C26H40N6O4. The smallest absolute Gasteiger partial charge is 0.409 e. The van der Waals surface area contributed by atoms with Crippen LogP contribution in [0.3, 0.4) is 0 Å². The first kappa shape index (κ1) is 27.5. The third-order valence-corrected chi connectivity index (χ3v) is 6.20. The van der Waals surface area contributed by atoms with Crippen LogP contribution in [0.2, 0.25) is 0 Å². The van der Waals surface area contributed by atoms with E-state index in [1.807, 2.05) is 13.0 Å². The van der Waals surface area contributed by atoms with Crippen LogP contribution in [0, 0.1) is 13.8 Å². The number of hydrogen-bond acceptors (Lipinski definition) is 9. The molecule has 1 saturated heterocycles. The Morgan fingerprint density at radius 3 is 2.33 bits per heavy atom. The van der Waals surface area contributed by atoms with Crippen LogP contribution in [0.25, 0.3) is 0 Å². The van der Waals surface area contributed by atoms with Crippen LogP contribution >= 0.6 is 0 Å². The van der Waals surface area contributed by atoms with Crippen LogP contribution in [0.5, 0.6) is 0 Å². The Bertz CT molecular complexity index is 973. The number of nitrogens with zero attached hydrogens (tertiary/aromatic N) is 5. The fraction of sp³-hybridized carbons (Fsp3) is 0.577. The molecule has 0 bridgehead atoms. The molecule has 0 unspecified atom stereocenters. The molecule has 198 valence electrons. The first-order valence-corrected chi connectivity index (χ1v) is 12.5. The predicted molar refractivity (Wildman–Crippen MR) is 142 cm³/mol. The molecule has 36 heavy (non-hydrogen) atoms. The van der Waals surface area contributed by atoms with E-state index in [-0.39, 0.29) is 6.09 Å². The lowest BCUT2D eigenvalue weighted by Gasteiger charge is -2.34. The molecule has 0 atom stereocenters. The molecule has 1 aromatic heterocycles. The molecule has 10 nitrogen and oxygen atoms in total. The Labute approximate surface area is 214 Å². The van der Waals surface area contributed by atoms with E-state index in [4.69, 9.17) is 24.2 Å². The van der Waals surface area contributed by atoms with E-state index in [0.717, 1.165) is 11.6 Å².